The van der Waals surface area contributed by atoms with E-state index in [0.29, 0.717) is 17.9 Å². The van der Waals surface area contributed by atoms with Gasteiger partial charge < -0.3 is 4.98 Å². The molecule has 130 valence electrons. The molecule has 0 aliphatic carbocycles. The third-order valence-electron chi connectivity index (χ3n) is 4.31. The van der Waals surface area contributed by atoms with E-state index in [9.17, 15) is 14.9 Å². The maximum absolute atomic E-state index is 12.8. The van der Waals surface area contributed by atoms with Crippen molar-refractivity contribution in [1.82, 2.24) is 19.7 Å². The van der Waals surface area contributed by atoms with E-state index in [4.69, 9.17) is 0 Å². The molecule has 0 unspecified atom stereocenters. The second-order valence-corrected chi connectivity index (χ2v) is 6.03. The Morgan fingerprint density at radius 3 is 2.58 bits per heavy atom. The lowest BCUT2D eigenvalue weighted by Gasteiger charge is -1.99. The van der Waals surface area contributed by atoms with E-state index < -0.39 is 4.92 Å². The number of aryl methyl sites for hydroxylation is 1. The van der Waals surface area contributed by atoms with Crippen LogP contribution in [-0.4, -0.2) is 24.7 Å². The zero-order valence-electron chi connectivity index (χ0n) is 13.9. The molecule has 8 nitrogen and oxygen atoms in total. The first-order chi connectivity index (χ1) is 12.5. The van der Waals surface area contributed by atoms with Gasteiger partial charge in [-0.3, -0.25) is 20.0 Å². The Morgan fingerprint density at radius 2 is 1.88 bits per heavy atom. The van der Waals surface area contributed by atoms with Crippen molar-refractivity contribution in [1.29, 1.82) is 0 Å². The molecule has 0 saturated carbocycles. The molecule has 0 amide bonds. The highest BCUT2D eigenvalue weighted by atomic mass is 16.6. The molecule has 0 aliphatic heterocycles. The van der Waals surface area contributed by atoms with Crippen LogP contribution in [0.5, 0.6) is 0 Å². The van der Waals surface area contributed by atoms with Crippen LogP contribution in [-0.2, 0) is 6.42 Å². The number of nitrogens with one attached hydrogen (secondary N) is 2. The average Bonchev–Trinajstić information content (AvgIpc) is 3.18. The largest absolute Gasteiger partial charge is 0.322 e. The summed E-state index contributed by atoms with van der Waals surface area (Å²) in [6, 6.07) is 13.7. The Balaban J connectivity index is 1.70. The zero-order valence-corrected chi connectivity index (χ0v) is 13.9. The normalized spacial score (nSPS) is 11.1. The van der Waals surface area contributed by atoms with Crippen LogP contribution in [0.3, 0.4) is 0 Å². The predicted molar refractivity (Wildman–Crippen MR) is 96.7 cm³/mol. The molecule has 0 saturated heterocycles. The van der Waals surface area contributed by atoms with Gasteiger partial charge in [0.25, 0.3) is 11.2 Å². The number of fused-ring (bicyclic) bond motifs is 1. The Labute approximate surface area is 147 Å². The third kappa shape index (κ3) is 2.67. The molecule has 0 bridgehead atoms. The Kier molecular flexibility index (Phi) is 3.65. The molecule has 0 spiro atoms. The maximum atomic E-state index is 12.8. The monoisotopic (exact) mass is 349 g/mol. The van der Waals surface area contributed by atoms with Crippen LogP contribution in [0.4, 0.5) is 5.69 Å². The summed E-state index contributed by atoms with van der Waals surface area (Å²) in [6.07, 6.45) is 0.381. The average molecular weight is 349 g/mol. The van der Waals surface area contributed by atoms with Gasteiger partial charge in [0.15, 0.2) is 0 Å². The van der Waals surface area contributed by atoms with Crippen LogP contribution in [0.15, 0.2) is 53.3 Å². The van der Waals surface area contributed by atoms with E-state index in [0.717, 1.165) is 22.3 Å². The first-order valence-corrected chi connectivity index (χ1v) is 8.02. The standard InChI is InChI=1S/C18H15N5O3/c1-11-14(10-12-6-8-13(9-7-12)23(25)26)17(24)22(21-11)18-19-15-4-2-3-5-16(15)20-18/h2-9,21H,10H2,1H3,(H,19,20). The molecule has 4 rings (SSSR count). The summed E-state index contributed by atoms with van der Waals surface area (Å²) in [5.41, 5.74) is 3.61. The minimum absolute atomic E-state index is 0.0271. The van der Waals surface area contributed by atoms with Gasteiger partial charge in [0.05, 0.1) is 16.0 Å². The lowest BCUT2D eigenvalue weighted by Crippen LogP contribution is -2.18. The van der Waals surface area contributed by atoms with Crippen LogP contribution in [0.2, 0.25) is 0 Å². The van der Waals surface area contributed by atoms with Crippen molar-refractivity contribution in [3.8, 4) is 5.95 Å². The lowest BCUT2D eigenvalue weighted by molar-refractivity contribution is -0.384. The minimum atomic E-state index is -0.445. The van der Waals surface area contributed by atoms with Gasteiger partial charge in [-0.05, 0) is 24.6 Å². The van der Waals surface area contributed by atoms with Gasteiger partial charge in [0.1, 0.15) is 0 Å². The molecule has 2 heterocycles. The van der Waals surface area contributed by atoms with Crippen LogP contribution in [0.1, 0.15) is 16.8 Å². The number of hydrogen-bond acceptors (Lipinski definition) is 4. The summed E-state index contributed by atoms with van der Waals surface area (Å²) >= 11 is 0. The summed E-state index contributed by atoms with van der Waals surface area (Å²) in [5.74, 6) is 0.425. The van der Waals surface area contributed by atoms with E-state index in [2.05, 4.69) is 15.1 Å². The van der Waals surface area contributed by atoms with Crippen molar-refractivity contribution < 1.29 is 4.92 Å². The number of non-ortho nitro benzene ring substituents is 1. The van der Waals surface area contributed by atoms with E-state index in [1.54, 1.807) is 12.1 Å². The zero-order chi connectivity index (χ0) is 18.3. The molecule has 0 atom stereocenters. The van der Waals surface area contributed by atoms with Crippen LogP contribution in [0, 0.1) is 17.0 Å². The smallest absolute Gasteiger partial charge is 0.277 e. The van der Waals surface area contributed by atoms with Crippen molar-refractivity contribution >= 4 is 16.7 Å². The third-order valence-corrected chi connectivity index (χ3v) is 4.31. The molecule has 26 heavy (non-hydrogen) atoms. The number of imidazole rings is 1. The lowest BCUT2D eigenvalue weighted by atomic mass is 10.1. The highest BCUT2D eigenvalue weighted by molar-refractivity contribution is 5.75. The van der Waals surface area contributed by atoms with Gasteiger partial charge in [-0.1, -0.05) is 24.3 Å². The van der Waals surface area contributed by atoms with Crippen molar-refractivity contribution in [2.75, 3.05) is 0 Å². The molecular weight excluding hydrogens is 334 g/mol. The summed E-state index contributed by atoms with van der Waals surface area (Å²) < 4.78 is 1.38. The van der Waals surface area contributed by atoms with E-state index >= 15 is 0 Å². The molecule has 0 aliphatic rings. The molecule has 2 N–H and O–H groups in total. The molecule has 2 aromatic heterocycles. The van der Waals surface area contributed by atoms with Crippen molar-refractivity contribution in [3.63, 3.8) is 0 Å². The summed E-state index contributed by atoms with van der Waals surface area (Å²) in [6.45, 7) is 1.82. The Morgan fingerprint density at radius 1 is 1.15 bits per heavy atom. The van der Waals surface area contributed by atoms with Gasteiger partial charge in [0.2, 0.25) is 5.95 Å². The van der Waals surface area contributed by atoms with E-state index in [-0.39, 0.29) is 11.2 Å². The molecular formula is C18H15N5O3. The number of H-pyrrole nitrogens is 2. The first kappa shape index (κ1) is 15.8. The first-order valence-electron chi connectivity index (χ1n) is 8.02. The topological polar surface area (TPSA) is 110 Å². The van der Waals surface area contributed by atoms with Gasteiger partial charge in [-0.2, -0.15) is 4.68 Å². The van der Waals surface area contributed by atoms with Gasteiger partial charge in [-0.15, -0.1) is 0 Å². The fourth-order valence-corrected chi connectivity index (χ4v) is 2.92. The van der Waals surface area contributed by atoms with Crippen LogP contribution >= 0.6 is 0 Å². The van der Waals surface area contributed by atoms with Crippen molar-refractivity contribution in [2.45, 2.75) is 13.3 Å². The number of para-hydroxylation sites is 2. The molecule has 4 aromatic rings. The summed E-state index contributed by atoms with van der Waals surface area (Å²) in [7, 11) is 0. The highest BCUT2D eigenvalue weighted by Gasteiger charge is 2.16. The number of benzene rings is 2. The number of nitro groups is 1. The quantitative estimate of drug-likeness (QED) is 0.436. The molecule has 0 fully saturated rings. The van der Waals surface area contributed by atoms with Crippen LogP contribution < -0.4 is 5.56 Å². The number of nitro benzene ring substituents is 1. The van der Waals surface area contributed by atoms with Crippen molar-refractivity contribution in [2.24, 2.45) is 0 Å². The highest BCUT2D eigenvalue weighted by Crippen LogP contribution is 2.16. The molecule has 0 radical (unpaired) electrons. The Hall–Kier alpha value is -3.68. The maximum Gasteiger partial charge on any atom is 0.277 e. The van der Waals surface area contributed by atoms with Crippen molar-refractivity contribution in [3.05, 3.63) is 85.8 Å². The van der Waals surface area contributed by atoms with Gasteiger partial charge >= 0.3 is 0 Å². The second kappa shape index (κ2) is 5.99. The van der Waals surface area contributed by atoms with Gasteiger partial charge in [0, 0.05) is 29.8 Å². The molecule has 2 aromatic carbocycles. The fraction of sp³-hybridized carbons (Fsp3) is 0.111. The van der Waals surface area contributed by atoms with E-state index in [1.165, 1.54) is 16.8 Å². The predicted octanol–water partition coefficient (Wildman–Crippen LogP) is 2.85. The van der Waals surface area contributed by atoms with E-state index in [1.807, 2.05) is 31.2 Å². The van der Waals surface area contributed by atoms with Gasteiger partial charge in [-0.25, -0.2) is 4.98 Å². The number of hydrogen-bond donors (Lipinski definition) is 2. The summed E-state index contributed by atoms with van der Waals surface area (Å²) in [4.78, 5) is 30.7. The number of aromatic nitrogens is 4. The summed E-state index contributed by atoms with van der Waals surface area (Å²) in [5, 5.41) is 13.8. The van der Waals surface area contributed by atoms with Crippen LogP contribution in [0.25, 0.3) is 17.0 Å². The fourth-order valence-electron chi connectivity index (χ4n) is 2.92. The Bertz CT molecular complexity index is 1130. The second-order valence-electron chi connectivity index (χ2n) is 6.03. The molecule has 8 heteroatoms. The number of aromatic amines is 2. The number of rotatable bonds is 4. The SMILES string of the molecule is Cc1[nH]n(-c2nc3ccccc3[nH]2)c(=O)c1Cc1ccc([N+](=O)[O-])cc1. The minimum Gasteiger partial charge on any atom is -0.322 e. The number of nitrogens with zero attached hydrogens (tertiary/aromatic N) is 3.